The van der Waals surface area contributed by atoms with Crippen LogP contribution in [0.1, 0.15) is 11.1 Å². The quantitative estimate of drug-likeness (QED) is 0.368. The van der Waals surface area contributed by atoms with Crippen LogP contribution in [0.4, 0.5) is 0 Å². The average molecular weight is 456 g/mol. The first kappa shape index (κ1) is 23.3. The number of rotatable bonds is 10. The van der Waals surface area contributed by atoms with Gasteiger partial charge in [-0.15, -0.1) is 17.5 Å². The minimum Gasteiger partial charge on any atom is -0.493 e. The first-order chi connectivity index (χ1) is 13.7. The van der Waals surface area contributed by atoms with Gasteiger partial charge >= 0.3 is 0 Å². The lowest BCUT2D eigenvalue weighted by Crippen LogP contribution is -2.16. The van der Waals surface area contributed by atoms with Crippen LogP contribution in [0.5, 0.6) is 11.5 Å². The van der Waals surface area contributed by atoms with Crippen LogP contribution in [-0.2, 0) is 20.2 Å². The molecule has 0 spiro atoms. The predicted octanol–water partition coefficient (Wildman–Crippen LogP) is 3.75. The molecule has 0 fully saturated rings. The smallest absolute Gasteiger partial charge is 0.209 e. The summed E-state index contributed by atoms with van der Waals surface area (Å²) in [6, 6.07) is 13.6. The number of aryl methyl sites for hydroxylation is 1. The van der Waals surface area contributed by atoms with E-state index in [2.05, 4.69) is 20.8 Å². The standard InChI is InChI=1S/C19H22ClN5O2S.ClH/c1-25-19(22-23-24-25)28-10-9-21-12-15-5-8-17(18(11-15)26-2)27-13-14-3-6-16(20)7-4-14;/h3-8,11,21H,9-10,12-13H2,1-2H3;1H. The molecule has 3 aromatic rings. The third-order valence-corrected chi connectivity index (χ3v) is 5.22. The van der Waals surface area contributed by atoms with Gasteiger partial charge < -0.3 is 14.8 Å². The highest BCUT2D eigenvalue weighted by Gasteiger charge is 2.07. The number of hydrogen-bond donors (Lipinski definition) is 1. The highest BCUT2D eigenvalue weighted by atomic mass is 35.5. The summed E-state index contributed by atoms with van der Waals surface area (Å²) in [4.78, 5) is 0. The molecular formula is C19H23Cl2N5O2S. The molecule has 0 saturated heterocycles. The molecule has 1 heterocycles. The number of tetrazole rings is 1. The molecule has 0 unspecified atom stereocenters. The maximum atomic E-state index is 5.91. The van der Waals surface area contributed by atoms with Gasteiger partial charge in [-0.25, -0.2) is 4.68 Å². The zero-order chi connectivity index (χ0) is 19.8. The molecular weight excluding hydrogens is 433 g/mol. The van der Waals surface area contributed by atoms with Gasteiger partial charge in [-0.3, -0.25) is 0 Å². The molecule has 0 amide bonds. The van der Waals surface area contributed by atoms with Crippen molar-refractivity contribution >= 4 is 35.8 Å². The highest BCUT2D eigenvalue weighted by Crippen LogP contribution is 2.29. The fourth-order valence-electron chi connectivity index (χ4n) is 2.47. The van der Waals surface area contributed by atoms with Gasteiger partial charge in [0.2, 0.25) is 5.16 Å². The number of benzene rings is 2. The van der Waals surface area contributed by atoms with Gasteiger partial charge in [0.1, 0.15) is 6.61 Å². The van der Waals surface area contributed by atoms with Gasteiger partial charge in [0.15, 0.2) is 11.5 Å². The van der Waals surface area contributed by atoms with Crippen LogP contribution in [0.3, 0.4) is 0 Å². The second kappa shape index (κ2) is 11.9. The van der Waals surface area contributed by atoms with Gasteiger partial charge in [-0.1, -0.05) is 41.6 Å². The Kier molecular flexibility index (Phi) is 9.53. The van der Waals surface area contributed by atoms with Crippen LogP contribution in [0.15, 0.2) is 47.6 Å². The molecule has 29 heavy (non-hydrogen) atoms. The fraction of sp³-hybridized carbons (Fsp3) is 0.316. The van der Waals surface area contributed by atoms with Crippen molar-refractivity contribution in [1.29, 1.82) is 0 Å². The molecule has 0 atom stereocenters. The molecule has 1 N–H and O–H groups in total. The van der Waals surface area contributed by atoms with Crippen molar-refractivity contribution < 1.29 is 9.47 Å². The summed E-state index contributed by atoms with van der Waals surface area (Å²) >= 11 is 7.53. The van der Waals surface area contributed by atoms with Crippen molar-refractivity contribution in [2.75, 3.05) is 19.4 Å². The van der Waals surface area contributed by atoms with E-state index in [1.807, 2.05) is 49.5 Å². The molecule has 0 aliphatic rings. The molecule has 0 aliphatic carbocycles. The lowest BCUT2D eigenvalue weighted by Gasteiger charge is -2.13. The average Bonchev–Trinajstić information content (AvgIpc) is 3.12. The molecule has 0 bridgehead atoms. The lowest BCUT2D eigenvalue weighted by atomic mass is 10.2. The van der Waals surface area contributed by atoms with E-state index in [1.54, 1.807) is 23.6 Å². The molecule has 7 nitrogen and oxygen atoms in total. The number of ether oxygens (including phenoxy) is 2. The van der Waals surface area contributed by atoms with Crippen molar-refractivity contribution in [3.63, 3.8) is 0 Å². The van der Waals surface area contributed by atoms with Gasteiger partial charge in [0.25, 0.3) is 0 Å². The van der Waals surface area contributed by atoms with Gasteiger partial charge in [-0.05, 0) is 45.8 Å². The van der Waals surface area contributed by atoms with E-state index in [9.17, 15) is 0 Å². The number of nitrogens with one attached hydrogen (secondary N) is 1. The molecule has 0 radical (unpaired) electrons. The first-order valence-electron chi connectivity index (χ1n) is 8.75. The van der Waals surface area contributed by atoms with Crippen molar-refractivity contribution in [1.82, 2.24) is 25.5 Å². The van der Waals surface area contributed by atoms with Crippen molar-refractivity contribution in [3.05, 3.63) is 58.6 Å². The topological polar surface area (TPSA) is 74.1 Å². The summed E-state index contributed by atoms with van der Waals surface area (Å²) in [6.45, 7) is 2.04. The van der Waals surface area contributed by atoms with E-state index < -0.39 is 0 Å². The predicted molar refractivity (Wildman–Crippen MR) is 117 cm³/mol. The van der Waals surface area contributed by atoms with Crippen LogP contribution in [0.2, 0.25) is 5.02 Å². The largest absolute Gasteiger partial charge is 0.493 e. The Hall–Kier alpha value is -2.00. The van der Waals surface area contributed by atoms with E-state index in [-0.39, 0.29) is 12.4 Å². The van der Waals surface area contributed by atoms with Crippen LogP contribution in [0.25, 0.3) is 0 Å². The van der Waals surface area contributed by atoms with Crippen LogP contribution in [-0.4, -0.2) is 39.6 Å². The van der Waals surface area contributed by atoms with Crippen LogP contribution < -0.4 is 14.8 Å². The summed E-state index contributed by atoms with van der Waals surface area (Å²) < 4.78 is 13.0. The van der Waals surface area contributed by atoms with Gasteiger partial charge in [0, 0.05) is 30.9 Å². The van der Waals surface area contributed by atoms with E-state index in [1.165, 1.54) is 0 Å². The van der Waals surface area contributed by atoms with E-state index in [0.29, 0.717) is 23.1 Å². The summed E-state index contributed by atoms with van der Waals surface area (Å²) in [5.41, 5.74) is 2.17. The maximum absolute atomic E-state index is 5.91. The van der Waals surface area contributed by atoms with Crippen LogP contribution >= 0.6 is 35.8 Å². The summed E-state index contributed by atoms with van der Waals surface area (Å²) in [5.74, 6) is 2.31. The maximum Gasteiger partial charge on any atom is 0.209 e. The Morgan fingerprint density at radius 2 is 1.86 bits per heavy atom. The second-order valence-corrected chi connectivity index (χ2v) is 7.51. The number of hydrogen-bond acceptors (Lipinski definition) is 7. The van der Waals surface area contributed by atoms with Crippen molar-refractivity contribution in [3.8, 4) is 11.5 Å². The fourth-order valence-corrected chi connectivity index (χ4v) is 3.35. The molecule has 0 saturated carbocycles. The van der Waals surface area contributed by atoms with Crippen molar-refractivity contribution in [2.24, 2.45) is 7.05 Å². The minimum absolute atomic E-state index is 0. The number of aromatic nitrogens is 4. The van der Waals surface area contributed by atoms with E-state index in [0.717, 1.165) is 35.1 Å². The number of halogens is 2. The van der Waals surface area contributed by atoms with Gasteiger partial charge in [-0.2, -0.15) is 0 Å². The molecule has 1 aromatic heterocycles. The number of methoxy groups -OCH3 is 1. The summed E-state index contributed by atoms with van der Waals surface area (Å²) in [5, 5.41) is 16.3. The molecule has 156 valence electrons. The number of nitrogens with zero attached hydrogens (tertiary/aromatic N) is 4. The summed E-state index contributed by atoms with van der Waals surface area (Å²) in [6.07, 6.45) is 0. The Labute approximate surface area is 185 Å². The second-order valence-electron chi connectivity index (χ2n) is 6.01. The molecule has 10 heteroatoms. The van der Waals surface area contributed by atoms with Crippen molar-refractivity contribution in [2.45, 2.75) is 18.3 Å². The van der Waals surface area contributed by atoms with Gasteiger partial charge in [0.05, 0.1) is 7.11 Å². The Morgan fingerprint density at radius 1 is 1.10 bits per heavy atom. The molecule has 0 aliphatic heterocycles. The molecule has 3 rings (SSSR count). The Morgan fingerprint density at radius 3 is 2.55 bits per heavy atom. The Bertz CT molecular complexity index is 893. The minimum atomic E-state index is 0. The van der Waals surface area contributed by atoms with Crippen LogP contribution in [0, 0.1) is 0 Å². The lowest BCUT2D eigenvalue weighted by molar-refractivity contribution is 0.284. The molecule has 2 aromatic carbocycles. The normalized spacial score (nSPS) is 10.4. The SMILES string of the molecule is COc1cc(CNCCSc2nnnn2C)ccc1OCc1ccc(Cl)cc1.Cl. The summed E-state index contributed by atoms with van der Waals surface area (Å²) in [7, 11) is 3.48. The monoisotopic (exact) mass is 455 g/mol. The first-order valence-corrected chi connectivity index (χ1v) is 10.1. The Balaban J connectivity index is 0.00000300. The van der Waals surface area contributed by atoms with E-state index >= 15 is 0 Å². The number of thioether (sulfide) groups is 1. The zero-order valence-corrected chi connectivity index (χ0v) is 18.6. The highest BCUT2D eigenvalue weighted by molar-refractivity contribution is 7.99. The third kappa shape index (κ3) is 7.08. The third-order valence-electron chi connectivity index (χ3n) is 3.96. The van der Waals surface area contributed by atoms with E-state index in [4.69, 9.17) is 21.1 Å². The zero-order valence-electron chi connectivity index (χ0n) is 16.2.